The number of alkyl carbamates (subject to hydrolysis) is 1. The molecule has 0 bridgehead atoms. The maximum Gasteiger partial charge on any atom is 0.408 e. The standard InChI is InChI=1S/C19H32N2O9/c1-18(2,3)30-17(24)20-9-11(22)21-10(8-12(23)25-6)13-14(26-7)15-16(27-13)29-19(4,5)28-15/h10,13-16H,8-9H2,1-7H3,(H,20,24)(H,21,22)/t10-,13-,14+,15-,16-/m1/s1. The van der Waals surface area contributed by atoms with Gasteiger partial charge in [-0.2, -0.15) is 0 Å². The molecule has 0 radical (unpaired) electrons. The lowest BCUT2D eigenvalue weighted by molar-refractivity contribution is -0.220. The van der Waals surface area contributed by atoms with Gasteiger partial charge in [0, 0.05) is 7.11 Å². The first-order chi connectivity index (χ1) is 13.8. The Morgan fingerprint density at radius 3 is 2.37 bits per heavy atom. The van der Waals surface area contributed by atoms with Crippen molar-refractivity contribution in [2.24, 2.45) is 0 Å². The number of ether oxygens (including phenoxy) is 6. The van der Waals surface area contributed by atoms with Gasteiger partial charge in [0.05, 0.1) is 19.6 Å². The second-order valence-electron chi connectivity index (χ2n) is 8.58. The van der Waals surface area contributed by atoms with Crippen LogP contribution < -0.4 is 10.6 Å². The molecular formula is C19H32N2O9. The lowest BCUT2D eigenvalue weighted by atomic mass is 10.0. The maximum atomic E-state index is 12.4. The number of fused-ring (bicyclic) bond motifs is 1. The smallest absolute Gasteiger partial charge is 0.408 e. The van der Waals surface area contributed by atoms with Gasteiger partial charge in [-0.15, -0.1) is 0 Å². The first-order valence-electron chi connectivity index (χ1n) is 9.72. The van der Waals surface area contributed by atoms with Crippen molar-refractivity contribution in [3.8, 4) is 0 Å². The topological polar surface area (TPSA) is 131 Å². The molecule has 0 aromatic heterocycles. The third kappa shape index (κ3) is 6.53. The van der Waals surface area contributed by atoms with E-state index in [-0.39, 0.29) is 13.0 Å². The van der Waals surface area contributed by atoms with E-state index in [1.54, 1.807) is 34.6 Å². The normalized spacial score (nSPS) is 28.4. The summed E-state index contributed by atoms with van der Waals surface area (Å²) in [5.41, 5.74) is -0.692. The lowest BCUT2D eigenvalue weighted by Crippen LogP contribution is -2.53. The third-order valence-corrected chi connectivity index (χ3v) is 4.45. The minimum absolute atomic E-state index is 0.165. The van der Waals surface area contributed by atoms with Crippen LogP contribution in [0.15, 0.2) is 0 Å². The van der Waals surface area contributed by atoms with E-state index in [9.17, 15) is 14.4 Å². The summed E-state index contributed by atoms with van der Waals surface area (Å²) in [7, 11) is 2.73. The monoisotopic (exact) mass is 432 g/mol. The molecule has 2 heterocycles. The van der Waals surface area contributed by atoms with Gasteiger partial charge in [-0.3, -0.25) is 9.59 Å². The van der Waals surface area contributed by atoms with Gasteiger partial charge >= 0.3 is 12.1 Å². The number of amides is 2. The molecule has 2 amide bonds. The molecule has 0 aromatic rings. The van der Waals surface area contributed by atoms with Gasteiger partial charge in [0.15, 0.2) is 12.1 Å². The molecular weight excluding hydrogens is 400 g/mol. The summed E-state index contributed by atoms with van der Waals surface area (Å²) >= 11 is 0. The molecule has 2 aliphatic rings. The van der Waals surface area contributed by atoms with Crippen LogP contribution in [0.4, 0.5) is 4.79 Å². The number of hydrogen-bond acceptors (Lipinski definition) is 9. The van der Waals surface area contributed by atoms with Gasteiger partial charge in [-0.05, 0) is 34.6 Å². The Bertz CT molecular complexity index is 646. The van der Waals surface area contributed by atoms with Crippen molar-refractivity contribution in [1.82, 2.24) is 10.6 Å². The first kappa shape index (κ1) is 24.3. The molecule has 2 saturated heterocycles. The summed E-state index contributed by atoms with van der Waals surface area (Å²) in [4.78, 5) is 36.1. The van der Waals surface area contributed by atoms with Crippen LogP contribution in [0.2, 0.25) is 0 Å². The average Bonchev–Trinajstić information content (AvgIpc) is 3.08. The van der Waals surface area contributed by atoms with Crippen LogP contribution in [0.25, 0.3) is 0 Å². The van der Waals surface area contributed by atoms with Gasteiger partial charge in [0.1, 0.15) is 30.5 Å². The van der Waals surface area contributed by atoms with Gasteiger partial charge in [-0.1, -0.05) is 0 Å². The van der Waals surface area contributed by atoms with E-state index in [4.69, 9.17) is 28.4 Å². The molecule has 30 heavy (non-hydrogen) atoms. The van der Waals surface area contributed by atoms with Crippen LogP contribution in [0.1, 0.15) is 41.0 Å². The average molecular weight is 432 g/mol. The zero-order valence-electron chi connectivity index (χ0n) is 18.5. The van der Waals surface area contributed by atoms with Crippen LogP contribution in [-0.2, 0) is 38.0 Å². The van der Waals surface area contributed by atoms with Gasteiger partial charge < -0.3 is 39.1 Å². The van der Waals surface area contributed by atoms with E-state index in [1.165, 1.54) is 14.2 Å². The summed E-state index contributed by atoms with van der Waals surface area (Å²) in [5.74, 6) is -1.92. The molecule has 11 heteroatoms. The molecule has 2 fully saturated rings. The first-order valence-corrected chi connectivity index (χ1v) is 9.72. The minimum atomic E-state index is -0.838. The summed E-state index contributed by atoms with van der Waals surface area (Å²) < 4.78 is 32.8. The van der Waals surface area contributed by atoms with E-state index in [2.05, 4.69) is 10.6 Å². The van der Waals surface area contributed by atoms with Gasteiger partial charge in [0.25, 0.3) is 0 Å². The van der Waals surface area contributed by atoms with Gasteiger partial charge in [0.2, 0.25) is 5.91 Å². The van der Waals surface area contributed by atoms with E-state index >= 15 is 0 Å². The zero-order valence-corrected chi connectivity index (χ0v) is 18.5. The Morgan fingerprint density at radius 2 is 1.80 bits per heavy atom. The van der Waals surface area contributed by atoms with Crippen LogP contribution in [0.5, 0.6) is 0 Å². The van der Waals surface area contributed by atoms with E-state index in [0.29, 0.717) is 0 Å². The highest BCUT2D eigenvalue weighted by Crippen LogP contribution is 2.39. The van der Waals surface area contributed by atoms with Crippen molar-refractivity contribution >= 4 is 18.0 Å². The molecule has 11 nitrogen and oxygen atoms in total. The number of nitrogens with one attached hydrogen (secondary N) is 2. The highest BCUT2D eigenvalue weighted by Gasteiger charge is 2.57. The van der Waals surface area contributed by atoms with Crippen LogP contribution in [0, 0.1) is 0 Å². The van der Waals surface area contributed by atoms with Crippen molar-refractivity contribution in [1.29, 1.82) is 0 Å². The molecule has 2 rings (SSSR count). The number of carbonyl (C=O) groups is 3. The van der Waals surface area contributed by atoms with Crippen molar-refractivity contribution < 1.29 is 42.8 Å². The summed E-state index contributed by atoms with van der Waals surface area (Å²) in [5, 5.41) is 5.06. The van der Waals surface area contributed by atoms with Crippen LogP contribution in [-0.4, -0.2) is 80.8 Å². The minimum Gasteiger partial charge on any atom is -0.469 e. The quantitative estimate of drug-likeness (QED) is 0.551. The molecule has 0 saturated carbocycles. The number of rotatable bonds is 7. The van der Waals surface area contributed by atoms with Gasteiger partial charge in [-0.25, -0.2) is 4.79 Å². The zero-order chi connectivity index (χ0) is 22.7. The SMILES string of the molecule is COC(=O)C[C@@H](NC(=O)CNC(=O)OC(C)(C)C)[C@H]1O[C@@H]2OC(C)(C)O[C@@H]2[C@H]1OC. The van der Waals surface area contributed by atoms with Crippen molar-refractivity contribution in [3.63, 3.8) is 0 Å². The Balaban J connectivity index is 2.03. The maximum absolute atomic E-state index is 12.4. The molecule has 0 aliphatic carbocycles. The summed E-state index contributed by atoms with van der Waals surface area (Å²) in [6.45, 7) is 8.31. The fourth-order valence-corrected chi connectivity index (χ4v) is 3.33. The molecule has 0 unspecified atom stereocenters. The third-order valence-electron chi connectivity index (χ3n) is 4.45. The van der Waals surface area contributed by atoms with Crippen LogP contribution >= 0.6 is 0 Å². The molecule has 2 aliphatic heterocycles. The predicted octanol–water partition coefficient (Wildman–Crippen LogP) is 0.450. The van der Waals surface area contributed by atoms with E-state index < -0.39 is 60.0 Å². The summed E-state index contributed by atoms with van der Waals surface area (Å²) in [6.07, 6.45) is -3.44. The summed E-state index contributed by atoms with van der Waals surface area (Å²) in [6, 6.07) is -0.795. The lowest BCUT2D eigenvalue weighted by Gasteiger charge is -2.30. The van der Waals surface area contributed by atoms with Crippen LogP contribution in [0.3, 0.4) is 0 Å². The number of carbonyl (C=O) groups excluding carboxylic acids is 3. The number of methoxy groups -OCH3 is 2. The number of hydrogen-bond donors (Lipinski definition) is 2. The fourth-order valence-electron chi connectivity index (χ4n) is 3.33. The Labute approximate surface area is 176 Å². The van der Waals surface area contributed by atoms with E-state index in [1.807, 2.05) is 0 Å². The van der Waals surface area contributed by atoms with Crippen molar-refractivity contribution in [3.05, 3.63) is 0 Å². The highest BCUT2D eigenvalue weighted by molar-refractivity contribution is 5.83. The Hall–Kier alpha value is -1.95. The van der Waals surface area contributed by atoms with Crippen molar-refractivity contribution in [2.75, 3.05) is 20.8 Å². The second kappa shape index (κ2) is 9.46. The van der Waals surface area contributed by atoms with E-state index in [0.717, 1.165) is 0 Å². The largest absolute Gasteiger partial charge is 0.469 e. The highest BCUT2D eigenvalue weighted by atomic mass is 16.8. The predicted molar refractivity (Wildman–Crippen MR) is 102 cm³/mol. The number of esters is 1. The molecule has 0 spiro atoms. The molecule has 172 valence electrons. The second-order valence-corrected chi connectivity index (χ2v) is 8.58. The Kier molecular flexibility index (Phi) is 7.67. The fraction of sp³-hybridized carbons (Fsp3) is 0.842. The molecule has 5 atom stereocenters. The van der Waals surface area contributed by atoms with Crippen molar-refractivity contribution in [2.45, 2.75) is 83.1 Å². The molecule has 0 aromatic carbocycles. The molecule has 2 N–H and O–H groups in total. The Morgan fingerprint density at radius 1 is 1.13 bits per heavy atom.